The summed E-state index contributed by atoms with van der Waals surface area (Å²) in [5, 5.41) is 17.9. The van der Waals surface area contributed by atoms with E-state index >= 15 is 0 Å². The van der Waals surface area contributed by atoms with Crippen LogP contribution in [0.3, 0.4) is 0 Å². The minimum absolute atomic E-state index is 0.107. The highest BCUT2D eigenvalue weighted by Gasteiger charge is 2.40. The third-order valence-electron chi connectivity index (χ3n) is 4.83. The minimum Gasteiger partial charge on any atom is -0.468 e. The number of halogens is 1. The lowest BCUT2D eigenvalue weighted by Crippen LogP contribution is -2.48. The van der Waals surface area contributed by atoms with Gasteiger partial charge in [-0.05, 0) is 17.7 Å². The van der Waals surface area contributed by atoms with Crippen molar-refractivity contribution in [2.24, 2.45) is 0 Å². The summed E-state index contributed by atoms with van der Waals surface area (Å²) in [5.74, 6) is -0.827. The largest absolute Gasteiger partial charge is 0.468 e. The monoisotopic (exact) mass is 457 g/mol. The van der Waals surface area contributed by atoms with Gasteiger partial charge in [0.15, 0.2) is 0 Å². The number of β-amino-alcohol motifs (C(OH)–C–C–N with tert-alkyl or cyclic N) is 1. The van der Waals surface area contributed by atoms with E-state index in [0.29, 0.717) is 17.3 Å². The number of hydrogen-bond donors (Lipinski definition) is 1. The maximum absolute atomic E-state index is 12.9. The van der Waals surface area contributed by atoms with Gasteiger partial charge < -0.3 is 9.84 Å². The van der Waals surface area contributed by atoms with E-state index in [1.807, 2.05) is 18.2 Å². The van der Waals surface area contributed by atoms with E-state index in [0.717, 1.165) is 9.87 Å². The molecule has 1 N–H and O–H groups in total. The Morgan fingerprint density at radius 2 is 2.17 bits per heavy atom. The van der Waals surface area contributed by atoms with Crippen molar-refractivity contribution in [1.82, 2.24) is 24.2 Å². The summed E-state index contributed by atoms with van der Waals surface area (Å²) in [6.07, 6.45) is 1.64. The average Bonchev–Trinajstić information content (AvgIpc) is 3.10. The molecule has 0 spiro atoms. The third kappa shape index (κ3) is 5.55. The zero-order valence-corrected chi connectivity index (χ0v) is 18.1. The number of esters is 1. The number of aromatic nitrogens is 3. The summed E-state index contributed by atoms with van der Waals surface area (Å²) in [5.41, 5.74) is 1.33. The highest BCUT2D eigenvalue weighted by molar-refractivity contribution is 7.89. The highest BCUT2D eigenvalue weighted by atomic mass is 35.5. The molecule has 12 heteroatoms. The van der Waals surface area contributed by atoms with Gasteiger partial charge in [0.2, 0.25) is 10.0 Å². The predicted octanol–water partition coefficient (Wildman–Crippen LogP) is -0.0389. The zero-order chi connectivity index (χ0) is 21.7. The Morgan fingerprint density at radius 1 is 1.37 bits per heavy atom. The standard InChI is InChI=1S/C18H24ClN5O5S/c1-29-18(26)17-13-22(5-7-25)6-8-30(27,28)24(17)12-16-11-23(21-20-16)10-14-3-2-4-15(19)9-14/h2-4,9,11,17,25H,5-8,10,12-13H2,1H3. The maximum Gasteiger partial charge on any atom is 0.325 e. The van der Waals surface area contributed by atoms with E-state index in [1.54, 1.807) is 21.8 Å². The first-order valence-electron chi connectivity index (χ1n) is 9.36. The van der Waals surface area contributed by atoms with Gasteiger partial charge in [-0.3, -0.25) is 9.69 Å². The van der Waals surface area contributed by atoms with Gasteiger partial charge in [-0.15, -0.1) is 5.10 Å². The van der Waals surface area contributed by atoms with Gasteiger partial charge >= 0.3 is 5.97 Å². The van der Waals surface area contributed by atoms with Crippen LogP contribution >= 0.6 is 11.6 Å². The van der Waals surface area contributed by atoms with Crippen molar-refractivity contribution in [2.75, 3.05) is 39.1 Å². The van der Waals surface area contributed by atoms with Gasteiger partial charge in [-0.25, -0.2) is 13.1 Å². The quantitative estimate of drug-likeness (QED) is 0.575. The molecule has 0 saturated carbocycles. The number of hydrogen-bond acceptors (Lipinski definition) is 8. The van der Waals surface area contributed by atoms with Crippen molar-refractivity contribution in [3.63, 3.8) is 0 Å². The summed E-state index contributed by atoms with van der Waals surface area (Å²) in [6, 6.07) is 6.28. The Hall–Kier alpha value is -2.05. The molecule has 1 saturated heterocycles. The fourth-order valence-corrected chi connectivity index (χ4v) is 5.14. The SMILES string of the molecule is COC(=O)C1CN(CCO)CCS(=O)(=O)N1Cc1cn(Cc2cccc(Cl)c2)nn1. The van der Waals surface area contributed by atoms with E-state index in [9.17, 15) is 18.3 Å². The smallest absolute Gasteiger partial charge is 0.325 e. The van der Waals surface area contributed by atoms with Crippen LogP contribution in [0.1, 0.15) is 11.3 Å². The number of benzene rings is 1. The molecule has 2 heterocycles. The van der Waals surface area contributed by atoms with Gasteiger partial charge in [0.05, 0.1) is 44.4 Å². The molecule has 30 heavy (non-hydrogen) atoms. The van der Waals surface area contributed by atoms with E-state index in [1.165, 1.54) is 7.11 Å². The van der Waals surface area contributed by atoms with Crippen molar-refractivity contribution in [1.29, 1.82) is 0 Å². The number of carbonyl (C=O) groups excluding carboxylic acids is 1. The predicted molar refractivity (Wildman–Crippen MR) is 109 cm³/mol. The summed E-state index contributed by atoms with van der Waals surface area (Å²) >= 11 is 6.00. The molecule has 1 fully saturated rings. The summed E-state index contributed by atoms with van der Waals surface area (Å²) in [4.78, 5) is 14.1. The van der Waals surface area contributed by atoms with Crippen LogP contribution in [0.25, 0.3) is 0 Å². The average molecular weight is 458 g/mol. The van der Waals surface area contributed by atoms with Crippen LogP contribution in [0, 0.1) is 0 Å². The Morgan fingerprint density at radius 3 is 2.87 bits per heavy atom. The van der Waals surface area contributed by atoms with E-state index in [-0.39, 0.29) is 38.5 Å². The molecule has 3 rings (SSSR count). The molecule has 0 aliphatic carbocycles. The van der Waals surface area contributed by atoms with Crippen LogP contribution < -0.4 is 0 Å². The van der Waals surface area contributed by atoms with Crippen molar-refractivity contribution in [3.05, 3.63) is 46.7 Å². The molecule has 0 bridgehead atoms. The first-order chi connectivity index (χ1) is 14.3. The van der Waals surface area contributed by atoms with Crippen LogP contribution in [0.2, 0.25) is 5.02 Å². The lowest BCUT2D eigenvalue weighted by atomic mass is 10.2. The number of sulfonamides is 1. The summed E-state index contributed by atoms with van der Waals surface area (Å²) < 4.78 is 33.3. The molecular formula is C18H24ClN5O5S. The molecule has 2 aromatic rings. The second kappa shape index (κ2) is 9.84. The Bertz CT molecular complexity index is 983. The number of carbonyl (C=O) groups is 1. The fraction of sp³-hybridized carbons (Fsp3) is 0.500. The number of aliphatic hydroxyl groups excluding tert-OH is 1. The molecule has 1 unspecified atom stereocenters. The van der Waals surface area contributed by atoms with Gasteiger partial charge in [-0.1, -0.05) is 28.9 Å². The Balaban J connectivity index is 1.81. The molecule has 1 aromatic heterocycles. The Labute approximate surface area is 180 Å². The van der Waals surface area contributed by atoms with Crippen molar-refractivity contribution >= 4 is 27.6 Å². The van der Waals surface area contributed by atoms with Crippen LogP contribution in [-0.4, -0.2) is 88.8 Å². The molecule has 1 aliphatic rings. The topological polar surface area (TPSA) is 118 Å². The molecule has 10 nitrogen and oxygen atoms in total. The van der Waals surface area contributed by atoms with Crippen LogP contribution in [-0.2, 0) is 32.6 Å². The third-order valence-corrected chi connectivity index (χ3v) is 6.86. The lowest BCUT2D eigenvalue weighted by Gasteiger charge is -2.27. The zero-order valence-electron chi connectivity index (χ0n) is 16.5. The molecule has 0 amide bonds. The molecule has 1 aliphatic heterocycles. The molecule has 0 radical (unpaired) electrons. The molecule has 1 aromatic carbocycles. The van der Waals surface area contributed by atoms with E-state index in [2.05, 4.69) is 10.3 Å². The van der Waals surface area contributed by atoms with Crippen molar-refractivity contribution < 1.29 is 23.1 Å². The number of ether oxygens (including phenoxy) is 1. The van der Waals surface area contributed by atoms with Crippen molar-refractivity contribution in [2.45, 2.75) is 19.1 Å². The minimum atomic E-state index is -3.75. The Kier molecular flexibility index (Phi) is 7.42. The van der Waals surface area contributed by atoms with Gasteiger partial charge in [0.25, 0.3) is 0 Å². The van der Waals surface area contributed by atoms with Gasteiger partial charge in [0, 0.05) is 24.7 Å². The number of rotatable bonds is 7. The number of nitrogens with zero attached hydrogens (tertiary/aromatic N) is 5. The fourth-order valence-electron chi connectivity index (χ4n) is 3.33. The molecule has 164 valence electrons. The lowest BCUT2D eigenvalue weighted by molar-refractivity contribution is -0.145. The maximum atomic E-state index is 12.9. The normalized spacial score (nSPS) is 20.0. The second-order valence-corrected chi connectivity index (χ2v) is 9.44. The molecular weight excluding hydrogens is 434 g/mol. The van der Waals surface area contributed by atoms with Gasteiger partial charge in [0.1, 0.15) is 6.04 Å². The highest BCUT2D eigenvalue weighted by Crippen LogP contribution is 2.19. The summed E-state index contributed by atoms with van der Waals surface area (Å²) in [6.45, 7) is 0.797. The second-order valence-electron chi connectivity index (χ2n) is 6.96. The molecule has 1 atom stereocenters. The van der Waals surface area contributed by atoms with Crippen LogP contribution in [0.15, 0.2) is 30.5 Å². The van der Waals surface area contributed by atoms with E-state index < -0.39 is 22.0 Å². The number of methoxy groups -OCH3 is 1. The van der Waals surface area contributed by atoms with Gasteiger partial charge in [-0.2, -0.15) is 4.31 Å². The first kappa shape index (κ1) is 22.6. The first-order valence-corrected chi connectivity index (χ1v) is 11.3. The van der Waals surface area contributed by atoms with Crippen molar-refractivity contribution in [3.8, 4) is 0 Å². The van der Waals surface area contributed by atoms with Crippen LogP contribution in [0.4, 0.5) is 0 Å². The number of aliphatic hydroxyl groups is 1. The van der Waals surface area contributed by atoms with E-state index in [4.69, 9.17) is 16.3 Å². The van der Waals surface area contributed by atoms with Crippen LogP contribution in [0.5, 0.6) is 0 Å². The summed E-state index contributed by atoms with van der Waals surface area (Å²) in [7, 11) is -2.54.